The molecule has 0 radical (unpaired) electrons. The van der Waals surface area contributed by atoms with E-state index < -0.39 is 29.6 Å². The van der Waals surface area contributed by atoms with E-state index in [1.807, 2.05) is 31.7 Å². The third-order valence-corrected chi connectivity index (χ3v) is 11.2. The molecular weight excluding hydrogens is 641 g/mol. The lowest BCUT2D eigenvalue weighted by Crippen LogP contribution is -2.58. The molecule has 2 saturated heterocycles. The zero-order valence-electron chi connectivity index (χ0n) is 25.2. The number of rotatable bonds is 5. The number of nitrogens with zero attached hydrogens (tertiary/aromatic N) is 5. The molecule has 1 spiro atoms. The van der Waals surface area contributed by atoms with Crippen LogP contribution in [-0.2, 0) is 15.1 Å². The van der Waals surface area contributed by atoms with Crippen LogP contribution in [0.15, 0.2) is 52.1 Å². The van der Waals surface area contributed by atoms with Gasteiger partial charge in [-0.2, -0.15) is 0 Å². The predicted molar refractivity (Wildman–Crippen MR) is 171 cm³/mol. The maximum atomic E-state index is 15.0. The minimum atomic E-state index is -1.29. The van der Waals surface area contributed by atoms with Crippen LogP contribution in [0.25, 0.3) is 0 Å². The molecule has 1 aromatic carbocycles. The SMILES string of the molecule is CC(C)C1=C(C(=O)N2C[C@H](F)C[C@H]2C(=O)N2CCNC3(CC3)C2)SC2=N[C@@](C)(c3ccc(Cl)nc3)[C@@H](c3ccc(Cl)c(F)c3)N21. The summed E-state index contributed by atoms with van der Waals surface area (Å²) < 4.78 is 30.0. The number of halogens is 4. The normalized spacial score (nSPS) is 28.8. The maximum absolute atomic E-state index is 15.0. The Morgan fingerprint density at radius 3 is 2.62 bits per heavy atom. The number of hydrogen-bond acceptors (Lipinski definition) is 7. The van der Waals surface area contributed by atoms with Gasteiger partial charge >= 0.3 is 0 Å². The van der Waals surface area contributed by atoms with E-state index in [9.17, 15) is 14.0 Å². The molecule has 2 aromatic rings. The number of hydrogen-bond donors (Lipinski definition) is 1. The van der Waals surface area contributed by atoms with Crippen LogP contribution in [0.2, 0.25) is 10.2 Å². The van der Waals surface area contributed by atoms with Crippen LogP contribution in [0.5, 0.6) is 0 Å². The number of allylic oxidation sites excluding steroid dienone is 1. The number of thioether (sulfide) groups is 1. The number of piperazine rings is 1. The van der Waals surface area contributed by atoms with Gasteiger partial charge in [0.05, 0.1) is 17.6 Å². The van der Waals surface area contributed by atoms with Gasteiger partial charge in [0.15, 0.2) is 5.17 Å². The molecule has 5 aliphatic rings. The number of nitrogens with one attached hydrogen (secondary N) is 1. The maximum Gasteiger partial charge on any atom is 0.263 e. The summed E-state index contributed by atoms with van der Waals surface area (Å²) >= 11 is 13.4. The number of alkyl halides is 1. The highest BCUT2D eigenvalue weighted by molar-refractivity contribution is 8.18. The average molecular weight is 676 g/mol. The zero-order chi connectivity index (χ0) is 31.8. The van der Waals surface area contributed by atoms with Gasteiger partial charge in [0.1, 0.15) is 33.6 Å². The van der Waals surface area contributed by atoms with Gasteiger partial charge in [-0.1, -0.05) is 49.2 Å². The van der Waals surface area contributed by atoms with Crippen molar-refractivity contribution in [1.29, 1.82) is 0 Å². The van der Waals surface area contributed by atoms with Gasteiger partial charge in [-0.05, 0) is 61.2 Å². The van der Waals surface area contributed by atoms with Gasteiger partial charge in [0.2, 0.25) is 5.91 Å². The lowest BCUT2D eigenvalue weighted by Gasteiger charge is -2.38. The van der Waals surface area contributed by atoms with E-state index in [0.717, 1.165) is 18.4 Å². The molecule has 0 bridgehead atoms. The Hall–Kier alpha value is -2.73. The van der Waals surface area contributed by atoms with Crippen LogP contribution in [0.1, 0.15) is 57.2 Å². The van der Waals surface area contributed by atoms with Gasteiger partial charge < -0.3 is 20.0 Å². The molecule has 238 valence electrons. The number of aliphatic imine (C=N–C) groups is 1. The van der Waals surface area contributed by atoms with Crippen molar-refractivity contribution < 1.29 is 18.4 Å². The minimum Gasteiger partial charge on any atom is -0.338 e. The fourth-order valence-electron chi connectivity index (χ4n) is 7.20. The molecule has 1 aliphatic carbocycles. The topological polar surface area (TPSA) is 81.1 Å². The van der Waals surface area contributed by atoms with Crippen molar-refractivity contribution in [2.45, 2.75) is 69.4 Å². The molecule has 3 fully saturated rings. The Bertz CT molecular complexity index is 1630. The van der Waals surface area contributed by atoms with E-state index >= 15 is 4.39 Å². The quantitative estimate of drug-likeness (QED) is 0.412. The summed E-state index contributed by atoms with van der Waals surface area (Å²) in [6.45, 7) is 7.56. The largest absolute Gasteiger partial charge is 0.338 e. The van der Waals surface area contributed by atoms with E-state index in [1.165, 1.54) is 28.8 Å². The zero-order valence-corrected chi connectivity index (χ0v) is 27.5. The second-order valence-electron chi connectivity index (χ2n) is 13.1. The lowest BCUT2D eigenvalue weighted by molar-refractivity contribution is -0.142. The molecule has 4 atom stereocenters. The van der Waals surface area contributed by atoms with E-state index in [1.54, 1.807) is 23.2 Å². The van der Waals surface area contributed by atoms with Crippen LogP contribution in [-0.4, -0.2) is 80.6 Å². The summed E-state index contributed by atoms with van der Waals surface area (Å²) in [7, 11) is 0. The fourth-order valence-corrected chi connectivity index (χ4v) is 8.80. The highest BCUT2D eigenvalue weighted by Crippen LogP contribution is 2.56. The van der Waals surface area contributed by atoms with Gasteiger partial charge in [-0.3, -0.25) is 9.59 Å². The number of pyridine rings is 1. The summed E-state index contributed by atoms with van der Waals surface area (Å²) in [5.74, 6) is -1.30. The molecule has 2 amide bonds. The van der Waals surface area contributed by atoms with Crippen LogP contribution in [0, 0.1) is 11.7 Å². The number of amidine groups is 1. The third-order valence-electron chi connectivity index (χ3n) is 9.66. The summed E-state index contributed by atoms with van der Waals surface area (Å²) in [5.41, 5.74) is 1.12. The Morgan fingerprint density at radius 1 is 1.18 bits per heavy atom. The van der Waals surface area contributed by atoms with E-state index in [4.69, 9.17) is 28.2 Å². The van der Waals surface area contributed by atoms with E-state index in [-0.39, 0.29) is 41.3 Å². The van der Waals surface area contributed by atoms with Gasteiger partial charge in [-0.15, -0.1) is 0 Å². The monoisotopic (exact) mass is 674 g/mol. The molecule has 4 aliphatic heterocycles. The summed E-state index contributed by atoms with van der Waals surface area (Å²) in [6, 6.07) is 6.79. The first-order valence-electron chi connectivity index (χ1n) is 15.3. The summed E-state index contributed by atoms with van der Waals surface area (Å²) in [4.78, 5) is 43.2. The fraction of sp³-hybridized carbons (Fsp3) is 0.500. The van der Waals surface area contributed by atoms with Crippen LogP contribution >= 0.6 is 35.0 Å². The smallest absolute Gasteiger partial charge is 0.263 e. The second kappa shape index (κ2) is 11.2. The number of likely N-dealkylation sites (tertiary alicyclic amines) is 1. The molecule has 8 nitrogen and oxygen atoms in total. The number of benzene rings is 1. The van der Waals surface area contributed by atoms with Crippen molar-refractivity contribution in [3.8, 4) is 0 Å². The highest BCUT2D eigenvalue weighted by atomic mass is 35.5. The molecule has 45 heavy (non-hydrogen) atoms. The first-order valence-corrected chi connectivity index (χ1v) is 16.8. The molecular formula is C32H34Cl2F2N6O2S. The van der Waals surface area contributed by atoms with Crippen molar-refractivity contribution in [2.75, 3.05) is 26.2 Å². The number of carbonyl (C=O) groups is 2. The molecule has 5 heterocycles. The molecule has 1 N–H and O–H groups in total. The summed E-state index contributed by atoms with van der Waals surface area (Å²) in [5, 5.41) is 4.40. The highest BCUT2D eigenvalue weighted by Gasteiger charge is 2.55. The Kier molecular flexibility index (Phi) is 7.70. The Labute approximate surface area is 275 Å². The van der Waals surface area contributed by atoms with Crippen molar-refractivity contribution in [1.82, 2.24) is 25.0 Å². The lowest BCUT2D eigenvalue weighted by atomic mass is 9.81. The number of aromatic nitrogens is 1. The predicted octanol–water partition coefficient (Wildman–Crippen LogP) is 5.67. The van der Waals surface area contributed by atoms with Crippen molar-refractivity contribution in [3.05, 3.63) is 74.3 Å². The van der Waals surface area contributed by atoms with Gasteiger partial charge in [-0.25, -0.2) is 18.8 Å². The van der Waals surface area contributed by atoms with E-state index in [2.05, 4.69) is 10.3 Å². The number of carbonyl (C=O) groups excluding carboxylic acids is 2. The molecule has 0 unspecified atom stereocenters. The second-order valence-corrected chi connectivity index (χ2v) is 14.9. The van der Waals surface area contributed by atoms with Gasteiger partial charge in [0, 0.05) is 49.1 Å². The van der Waals surface area contributed by atoms with Crippen molar-refractivity contribution >= 4 is 51.9 Å². The Balaban J connectivity index is 1.26. The number of amides is 2. The van der Waals surface area contributed by atoms with Gasteiger partial charge in [0.25, 0.3) is 5.91 Å². The van der Waals surface area contributed by atoms with Crippen LogP contribution < -0.4 is 5.32 Å². The minimum absolute atomic E-state index is 0.00153. The first-order chi connectivity index (χ1) is 21.4. The first kappa shape index (κ1) is 30.9. The van der Waals surface area contributed by atoms with Crippen LogP contribution in [0.4, 0.5) is 8.78 Å². The molecule has 13 heteroatoms. The standard InChI is InChI=1S/C32H34Cl2F2N6O2S/c1-17(2)25-26(29(44)41-15-20(35)13-23(41)28(43)40-11-10-38-32(16-40)8-9-32)45-30-39-31(3,19-5-7-24(34)37-14-19)27(42(25)30)18-4-6-21(33)22(36)12-18/h4-7,12,14,17,20,23,27,38H,8-11,13,15-16H2,1-3H3/t20-,23+,27-,31+/m1/s1. The molecule has 7 rings (SSSR count). The van der Waals surface area contributed by atoms with Crippen molar-refractivity contribution in [2.24, 2.45) is 10.9 Å². The van der Waals surface area contributed by atoms with Crippen molar-refractivity contribution in [3.63, 3.8) is 0 Å². The average Bonchev–Trinajstić information content (AvgIpc) is 3.32. The van der Waals surface area contributed by atoms with Crippen LogP contribution in [0.3, 0.4) is 0 Å². The molecule has 1 saturated carbocycles. The Morgan fingerprint density at radius 2 is 1.96 bits per heavy atom. The van der Waals surface area contributed by atoms with E-state index in [0.29, 0.717) is 46.1 Å². The number of fused-ring (bicyclic) bond motifs is 1. The summed E-state index contributed by atoms with van der Waals surface area (Å²) in [6.07, 6.45) is 2.37. The third kappa shape index (κ3) is 5.23. The molecule has 1 aromatic heterocycles.